The highest BCUT2D eigenvalue weighted by Gasteiger charge is 2.18. The first-order valence-corrected chi connectivity index (χ1v) is 14.9. The molecule has 200 valence electrons. The number of hydrogen-bond acceptors (Lipinski definition) is 0. The number of para-hydroxylation sites is 2. The highest BCUT2D eigenvalue weighted by Crippen LogP contribution is 2.45. The lowest BCUT2D eigenvalue weighted by molar-refractivity contribution is 1.18. The van der Waals surface area contributed by atoms with Crippen LogP contribution in [0, 0.1) is 0 Å². The van der Waals surface area contributed by atoms with Crippen LogP contribution in [0.2, 0.25) is 0 Å². The van der Waals surface area contributed by atoms with Crippen LogP contribution in [0.5, 0.6) is 0 Å². The van der Waals surface area contributed by atoms with Gasteiger partial charge in [-0.15, -0.1) is 0 Å². The van der Waals surface area contributed by atoms with Crippen LogP contribution in [0.15, 0.2) is 164 Å². The van der Waals surface area contributed by atoms with Gasteiger partial charge in [-0.05, 0) is 78.8 Å². The maximum atomic E-state index is 2.38. The van der Waals surface area contributed by atoms with E-state index in [1.165, 1.54) is 82.1 Å². The Morgan fingerprint density at radius 1 is 0.302 bits per heavy atom. The van der Waals surface area contributed by atoms with Crippen LogP contribution in [-0.2, 0) is 0 Å². The van der Waals surface area contributed by atoms with Gasteiger partial charge < -0.3 is 4.57 Å². The molecule has 1 heterocycles. The maximum Gasteiger partial charge on any atom is 0.0541 e. The summed E-state index contributed by atoms with van der Waals surface area (Å²) in [6.45, 7) is 0. The Balaban J connectivity index is 1.30. The summed E-state index contributed by atoms with van der Waals surface area (Å²) in [6.07, 6.45) is 0. The van der Waals surface area contributed by atoms with Gasteiger partial charge in [0.15, 0.2) is 0 Å². The highest BCUT2D eigenvalue weighted by atomic mass is 15.0. The predicted octanol–water partition coefficient (Wildman–Crippen LogP) is 11.6. The third-order valence-corrected chi connectivity index (χ3v) is 8.98. The summed E-state index contributed by atoms with van der Waals surface area (Å²) in [5.41, 5.74) is 8.71. The smallest absolute Gasteiger partial charge is 0.0541 e. The fourth-order valence-corrected chi connectivity index (χ4v) is 7.15. The molecule has 0 radical (unpaired) electrons. The summed E-state index contributed by atoms with van der Waals surface area (Å²) < 4.78 is 2.38. The van der Waals surface area contributed by atoms with E-state index in [0.717, 1.165) is 0 Å². The zero-order valence-corrected chi connectivity index (χ0v) is 23.5. The molecule has 1 heteroatoms. The highest BCUT2D eigenvalue weighted by molar-refractivity contribution is 6.23. The Hall–Kier alpha value is -5.66. The Kier molecular flexibility index (Phi) is 5.27. The van der Waals surface area contributed by atoms with Crippen molar-refractivity contribution in [1.29, 1.82) is 0 Å². The second-order valence-electron chi connectivity index (χ2n) is 11.3. The topological polar surface area (TPSA) is 4.93 Å². The number of benzene rings is 8. The van der Waals surface area contributed by atoms with E-state index in [4.69, 9.17) is 0 Å². The van der Waals surface area contributed by atoms with Gasteiger partial charge >= 0.3 is 0 Å². The molecular formula is C42H27N. The molecule has 0 fully saturated rings. The van der Waals surface area contributed by atoms with Crippen molar-refractivity contribution in [2.24, 2.45) is 0 Å². The van der Waals surface area contributed by atoms with Crippen molar-refractivity contribution in [2.75, 3.05) is 0 Å². The molecule has 0 unspecified atom stereocenters. The maximum absolute atomic E-state index is 2.38. The summed E-state index contributed by atoms with van der Waals surface area (Å²) in [5, 5.41) is 10.2. The molecule has 9 aromatic rings. The van der Waals surface area contributed by atoms with Crippen molar-refractivity contribution >= 4 is 54.1 Å². The Bertz CT molecular complexity index is 2380. The number of fused-ring (bicyclic) bond motifs is 6. The van der Waals surface area contributed by atoms with E-state index in [0.29, 0.717) is 0 Å². The summed E-state index contributed by atoms with van der Waals surface area (Å²) in [4.78, 5) is 0. The molecule has 0 spiro atoms. The van der Waals surface area contributed by atoms with Crippen LogP contribution in [0.1, 0.15) is 0 Å². The second kappa shape index (κ2) is 9.44. The lowest BCUT2D eigenvalue weighted by Crippen LogP contribution is -1.94. The average molecular weight is 546 g/mol. The van der Waals surface area contributed by atoms with E-state index in [1.807, 2.05) is 0 Å². The first-order chi connectivity index (χ1) is 21.4. The van der Waals surface area contributed by atoms with Gasteiger partial charge in [0.2, 0.25) is 0 Å². The van der Waals surface area contributed by atoms with Crippen molar-refractivity contribution in [3.05, 3.63) is 164 Å². The lowest BCUT2D eigenvalue weighted by atomic mass is 9.85. The Morgan fingerprint density at radius 3 is 1.33 bits per heavy atom. The van der Waals surface area contributed by atoms with E-state index >= 15 is 0 Å². The molecule has 0 amide bonds. The second-order valence-corrected chi connectivity index (χ2v) is 11.3. The SMILES string of the molecule is c1ccc2c(-c3c4ccccc4c(-c4ccc(-n5c6ccccc6c6ccccc65)cc4)c4ccccc34)cccc2c1. The standard InChI is InChI=1S/C42H27N/c1-2-14-31-28(12-1)13-11-21-34(31)42-37-19-5-3-17-35(37)41(36-18-4-6-20-38(36)42)29-24-26-30(27-25-29)43-39-22-9-7-15-32(39)33-16-8-10-23-40(33)43/h1-27H. The summed E-state index contributed by atoms with van der Waals surface area (Å²) >= 11 is 0. The van der Waals surface area contributed by atoms with Crippen molar-refractivity contribution in [2.45, 2.75) is 0 Å². The van der Waals surface area contributed by atoms with Crippen LogP contribution in [0.25, 0.3) is 82.1 Å². The van der Waals surface area contributed by atoms with Gasteiger partial charge in [0.25, 0.3) is 0 Å². The van der Waals surface area contributed by atoms with Crippen molar-refractivity contribution < 1.29 is 0 Å². The minimum atomic E-state index is 1.17. The van der Waals surface area contributed by atoms with Crippen LogP contribution >= 0.6 is 0 Å². The monoisotopic (exact) mass is 545 g/mol. The summed E-state index contributed by atoms with van der Waals surface area (Å²) in [5.74, 6) is 0. The van der Waals surface area contributed by atoms with Gasteiger partial charge in [0.1, 0.15) is 0 Å². The van der Waals surface area contributed by atoms with E-state index in [2.05, 4.69) is 168 Å². The zero-order chi connectivity index (χ0) is 28.3. The lowest BCUT2D eigenvalue weighted by Gasteiger charge is -2.19. The molecular weight excluding hydrogens is 518 g/mol. The van der Waals surface area contributed by atoms with E-state index < -0.39 is 0 Å². The van der Waals surface area contributed by atoms with Crippen molar-refractivity contribution in [3.8, 4) is 27.9 Å². The number of aromatic nitrogens is 1. The molecule has 0 atom stereocenters. The van der Waals surface area contributed by atoms with E-state index in [9.17, 15) is 0 Å². The molecule has 0 saturated heterocycles. The molecule has 8 aromatic carbocycles. The Morgan fingerprint density at radius 2 is 0.744 bits per heavy atom. The summed E-state index contributed by atoms with van der Waals surface area (Å²) in [6, 6.07) is 59.7. The van der Waals surface area contributed by atoms with Gasteiger partial charge in [-0.1, -0.05) is 140 Å². The van der Waals surface area contributed by atoms with E-state index in [1.54, 1.807) is 0 Å². The molecule has 1 nitrogen and oxygen atoms in total. The first-order valence-electron chi connectivity index (χ1n) is 14.9. The zero-order valence-electron chi connectivity index (χ0n) is 23.5. The van der Waals surface area contributed by atoms with Crippen molar-refractivity contribution in [1.82, 2.24) is 4.57 Å². The molecule has 0 aliphatic rings. The van der Waals surface area contributed by atoms with Gasteiger partial charge in [-0.25, -0.2) is 0 Å². The molecule has 0 saturated carbocycles. The quantitative estimate of drug-likeness (QED) is 0.195. The molecule has 0 aliphatic carbocycles. The first kappa shape index (κ1) is 24.0. The van der Waals surface area contributed by atoms with Crippen molar-refractivity contribution in [3.63, 3.8) is 0 Å². The van der Waals surface area contributed by atoms with Crippen LogP contribution in [0.3, 0.4) is 0 Å². The fourth-order valence-electron chi connectivity index (χ4n) is 7.15. The number of rotatable bonds is 3. The minimum Gasteiger partial charge on any atom is -0.309 e. The fraction of sp³-hybridized carbons (Fsp3) is 0. The molecule has 0 bridgehead atoms. The van der Waals surface area contributed by atoms with Crippen LogP contribution in [0.4, 0.5) is 0 Å². The van der Waals surface area contributed by atoms with Gasteiger partial charge in [-0.2, -0.15) is 0 Å². The summed E-state index contributed by atoms with van der Waals surface area (Å²) in [7, 11) is 0. The largest absolute Gasteiger partial charge is 0.309 e. The molecule has 0 N–H and O–H groups in total. The predicted molar refractivity (Wildman–Crippen MR) is 184 cm³/mol. The average Bonchev–Trinajstić information content (AvgIpc) is 3.41. The molecule has 9 rings (SSSR count). The minimum absolute atomic E-state index is 1.17. The van der Waals surface area contributed by atoms with Gasteiger partial charge in [-0.3, -0.25) is 0 Å². The normalized spacial score (nSPS) is 11.7. The van der Waals surface area contributed by atoms with Gasteiger partial charge in [0.05, 0.1) is 11.0 Å². The number of nitrogens with zero attached hydrogens (tertiary/aromatic N) is 1. The molecule has 1 aromatic heterocycles. The third kappa shape index (κ3) is 3.58. The molecule has 0 aliphatic heterocycles. The number of hydrogen-bond donors (Lipinski definition) is 0. The van der Waals surface area contributed by atoms with Crippen LogP contribution < -0.4 is 0 Å². The van der Waals surface area contributed by atoms with E-state index in [-0.39, 0.29) is 0 Å². The molecule has 43 heavy (non-hydrogen) atoms. The van der Waals surface area contributed by atoms with Gasteiger partial charge in [0, 0.05) is 16.5 Å². The third-order valence-electron chi connectivity index (χ3n) is 8.98. The Labute approximate surface area is 249 Å². The van der Waals surface area contributed by atoms with Crippen LogP contribution in [-0.4, -0.2) is 4.57 Å².